The predicted octanol–water partition coefficient (Wildman–Crippen LogP) is 3.76. The molecule has 0 aliphatic heterocycles. The lowest BCUT2D eigenvalue weighted by molar-refractivity contribution is -0.122. The van der Waals surface area contributed by atoms with Crippen molar-refractivity contribution in [3.8, 4) is 0 Å². The summed E-state index contributed by atoms with van der Waals surface area (Å²) in [5, 5.41) is 3.44. The van der Waals surface area contributed by atoms with Crippen LogP contribution in [-0.4, -0.2) is 21.5 Å². The van der Waals surface area contributed by atoms with Gasteiger partial charge in [0.1, 0.15) is 22.9 Å². The molecule has 1 fully saturated rings. The van der Waals surface area contributed by atoms with Crippen molar-refractivity contribution in [1.82, 2.24) is 14.9 Å². The van der Waals surface area contributed by atoms with Gasteiger partial charge in [-0.1, -0.05) is 32.3 Å². The van der Waals surface area contributed by atoms with Crippen molar-refractivity contribution in [3.05, 3.63) is 40.2 Å². The molecule has 2 aromatic heterocycles. The van der Waals surface area contributed by atoms with E-state index >= 15 is 0 Å². The van der Waals surface area contributed by atoms with Crippen LogP contribution in [0, 0.1) is 5.82 Å². The van der Waals surface area contributed by atoms with Crippen molar-refractivity contribution in [3.63, 3.8) is 0 Å². The van der Waals surface area contributed by atoms with Crippen LogP contribution >= 0.6 is 11.3 Å². The average Bonchev–Trinajstić information content (AvgIpc) is 3.05. The minimum absolute atomic E-state index is 0.0435. The highest BCUT2D eigenvalue weighted by Crippen LogP contribution is 2.32. The van der Waals surface area contributed by atoms with Gasteiger partial charge < -0.3 is 5.32 Å². The van der Waals surface area contributed by atoms with E-state index < -0.39 is 0 Å². The molecule has 0 spiro atoms. The van der Waals surface area contributed by atoms with Gasteiger partial charge >= 0.3 is 0 Å². The van der Waals surface area contributed by atoms with Crippen LogP contribution in [0.25, 0.3) is 20.3 Å². The number of fused-ring (bicyclic) bond motifs is 3. The monoisotopic (exact) mass is 387 g/mol. The molecule has 142 valence electrons. The number of nitrogens with zero attached hydrogens (tertiary/aromatic N) is 2. The molecule has 0 bridgehead atoms. The molecule has 4 rings (SSSR count). The van der Waals surface area contributed by atoms with Crippen LogP contribution in [0.4, 0.5) is 4.39 Å². The summed E-state index contributed by atoms with van der Waals surface area (Å²) in [4.78, 5) is 30.1. The Labute approximate surface area is 160 Å². The minimum atomic E-state index is -0.375. The van der Waals surface area contributed by atoms with E-state index in [0.717, 1.165) is 25.7 Å². The van der Waals surface area contributed by atoms with Crippen LogP contribution in [-0.2, 0) is 17.8 Å². The van der Waals surface area contributed by atoms with E-state index in [1.807, 2.05) is 6.92 Å². The third-order valence-electron chi connectivity index (χ3n) is 5.22. The fourth-order valence-electron chi connectivity index (χ4n) is 3.87. The van der Waals surface area contributed by atoms with Crippen molar-refractivity contribution >= 4 is 37.5 Å². The second-order valence-corrected chi connectivity index (χ2v) is 8.12. The van der Waals surface area contributed by atoms with E-state index in [2.05, 4.69) is 10.3 Å². The highest BCUT2D eigenvalue weighted by Gasteiger charge is 2.20. The molecule has 27 heavy (non-hydrogen) atoms. The molecule has 1 aliphatic rings. The van der Waals surface area contributed by atoms with Gasteiger partial charge in [-0.25, -0.2) is 9.37 Å². The molecule has 0 saturated heterocycles. The number of aromatic nitrogens is 2. The second kappa shape index (κ2) is 7.38. The van der Waals surface area contributed by atoms with Gasteiger partial charge in [0.2, 0.25) is 5.91 Å². The number of carbonyl (C=O) groups excluding carboxylic acids is 1. The number of carbonyl (C=O) groups is 1. The normalized spacial score (nSPS) is 15.5. The number of hydrogen-bond donors (Lipinski definition) is 1. The van der Waals surface area contributed by atoms with E-state index in [1.54, 1.807) is 12.1 Å². The van der Waals surface area contributed by atoms with Crippen molar-refractivity contribution in [2.45, 2.75) is 58.0 Å². The van der Waals surface area contributed by atoms with E-state index in [1.165, 1.54) is 28.4 Å². The topological polar surface area (TPSA) is 64.0 Å². The lowest BCUT2D eigenvalue weighted by Crippen LogP contribution is -2.40. The van der Waals surface area contributed by atoms with Crippen LogP contribution in [0.15, 0.2) is 23.0 Å². The van der Waals surface area contributed by atoms with Gasteiger partial charge in [0, 0.05) is 17.2 Å². The van der Waals surface area contributed by atoms with E-state index in [9.17, 15) is 14.0 Å². The molecule has 7 heteroatoms. The Balaban J connectivity index is 1.73. The zero-order valence-corrected chi connectivity index (χ0v) is 16.1. The first-order chi connectivity index (χ1) is 13.1. The highest BCUT2D eigenvalue weighted by molar-refractivity contribution is 7.25. The maximum Gasteiger partial charge on any atom is 0.272 e. The summed E-state index contributed by atoms with van der Waals surface area (Å²) >= 11 is 1.23. The number of amides is 1. The van der Waals surface area contributed by atoms with Crippen molar-refractivity contribution in [2.24, 2.45) is 0 Å². The number of halogens is 1. The fraction of sp³-hybridized carbons (Fsp3) is 0.450. The third-order valence-corrected chi connectivity index (χ3v) is 6.35. The first-order valence-electron chi connectivity index (χ1n) is 9.48. The molecule has 1 amide bonds. The largest absolute Gasteiger partial charge is 0.352 e. The van der Waals surface area contributed by atoms with Crippen LogP contribution in [0.3, 0.4) is 0 Å². The molecular weight excluding hydrogens is 365 g/mol. The molecule has 3 aromatic rings. The van der Waals surface area contributed by atoms with Crippen molar-refractivity contribution < 1.29 is 9.18 Å². The summed E-state index contributed by atoms with van der Waals surface area (Å²) < 4.78 is 16.8. The van der Waals surface area contributed by atoms with Gasteiger partial charge in [-0.2, -0.15) is 0 Å². The van der Waals surface area contributed by atoms with Crippen LogP contribution in [0.5, 0.6) is 0 Å². The summed E-state index contributed by atoms with van der Waals surface area (Å²) in [6.45, 7) is 1.84. The smallest absolute Gasteiger partial charge is 0.272 e. The summed E-state index contributed by atoms with van der Waals surface area (Å²) in [5.74, 6) is -0.0260. The molecule has 2 heterocycles. The Morgan fingerprint density at radius 1 is 1.33 bits per heavy atom. The number of rotatable bonds is 4. The molecule has 0 unspecified atom stereocenters. The minimum Gasteiger partial charge on any atom is -0.352 e. The van der Waals surface area contributed by atoms with Gasteiger partial charge in [0.15, 0.2) is 0 Å². The predicted molar refractivity (Wildman–Crippen MR) is 106 cm³/mol. The summed E-state index contributed by atoms with van der Waals surface area (Å²) in [7, 11) is 0. The van der Waals surface area contributed by atoms with Gasteiger partial charge in [-0.15, -0.1) is 11.3 Å². The number of benzene rings is 1. The Hall–Kier alpha value is -2.28. The number of nitrogens with one attached hydrogen (secondary N) is 1. The Bertz CT molecular complexity index is 1070. The van der Waals surface area contributed by atoms with Gasteiger partial charge in [-0.3, -0.25) is 14.2 Å². The number of aryl methyl sites for hydroxylation is 1. The standard InChI is InChI=1S/C20H22FN3O2S/c1-2-15-23-18-17-13(21)9-6-10-14(17)27-19(18)20(26)24(15)11-16(25)22-12-7-4-3-5-8-12/h6,9-10,12H,2-5,7-8,11H2,1H3,(H,22,25). The molecule has 1 N–H and O–H groups in total. The van der Waals surface area contributed by atoms with Crippen LogP contribution in [0.2, 0.25) is 0 Å². The average molecular weight is 387 g/mol. The lowest BCUT2D eigenvalue weighted by Gasteiger charge is -2.23. The van der Waals surface area contributed by atoms with Gasteiger partial charge in [0.25, 0.3) is 5.56 Å². The first-order valence-corrected chi connectivity index (χ1v) is 10.3. The third kappa shape index (κ3) is 3.36. The maximum atomic E-state index is 14.3. The summed E-state index contributed by atoms with van der Waals surface area (Å²) in [6, 6.07) is 4.99. The number of thiophene rings is 1. The molecule has 1 saturated carbocycles. The Kier molecular flexibility index (Phi) is 4.95. The van der Waals surface area contributed by atoms with Gasteiger partial charge in [0.05, 0.1) is 10.9 Å². The fourth-order valence-corrected chi connectivity index (χ4v) is 4.97. The summed E-state index contributed by atoms with van der Waals surface area (Å²) in [6.07, 6.45) is 5.96. The SMILES string of the molecule is CCc1nc2c(sc3cccc(F)c32)c(=O)n1CC(=O)NC1CCCCC1. The maximum absolute atomic E-state index is 14.3. The summed E-state index contributed by atoms with van der Waals surface area (Å²) in [5.41, 5.74) is 0.134. The van der Waals surface area contributed by atoms with E-state index in [0.29, 0.717) is 32.5 Å². The highest BCUT2D eigenvalue weighted by atomic mass is 32.1. The molecule has 0 atom stereocenters. The van der Waals surface area contributed by atoms with Crippen LogP contribution < -0.4 is 10.9 Å². The van der Waals surface area contributed by atoms with E-state index in [4.69, 9.17) is 0 Å². The van der Waals surface area contributed by atoms with Crippen LogP contribution in [0.1, 0.15) is 44.9 Å². The molecular formula is C20H22FN3O2S. The quantitative estimate of drug-likeness (QED) is 0.741. The van der Waals surface area contributed by atoms with E-state index in [-0.39, 0.29) is 29.9 Å². The molecule has 0 radical (unpaired) electrons. The Morgan fingerprint density at radius 3 is 2.85 bits per heavy atom. The van der Waals surface area contributed by atoms with Crippen molar-refractivity contribution in [1.29, 1.82) is 0 Å². The van der Waals surface area contributed by atoms with Gasteiger partial charge in [-0.05, 0) is 25.0 Å². The molecule has 1 aliphatic carbocycles. The van der Waals surface area contributed by atoms with Crippen molar-refractivity contribution in [2.75, 3.05) is 0 Å². The first kappa shape index (κ1) is 18.1. The zero-order chi connectivity index (χ0) is 19.0. The molecule has 5 nitrogen and oxygen atoms in total. The number of hydrogen-bond acceptors (Lipinski definition) is 4. The zero-order valence-electron chi connectivity index (χ0n) is 15.3. The Morgan fingerprint density at radius 2 is 2.11 bits per heavy atom. The lowest BCUT2D eigenvalue weighted by atomic mass is 9.95. The second-order valence-electron chi connectivity index (χ2n) is 7.07. The molecule has 1 aromatic carbocycles.